The normalized spacial score (nSPS) is 18.4. The van der Waals surface area contributed by atoms with Crippen molar-refractivity contribution in [2.45, 2.75) is 45.1 Å². The van der Waals surface area contributed by atoms with Crippen molar-refractivity contribution in [2.75, 3.05) is 37.7 Å². The van der Waals surface area contributed by atoms with Crippen molar-refractivity contribution in [1.29, 1.82) is 0 Å². The Labute approximate surface area is 194 Å². The van der Waals surface area contributed by atoms with Gasteiger partial charge in [-0.25, -0.2) is 4.98 Å². The molecule has 0 bridgehead atoms. The molecular formula is C26H32N6O. The van der Waals surface area contributed by atoms with E-state index < -0.39 is 0 Å². The second-order valence-corrected chi connectivity index (χ2v) is 9.29. The van der Waals surface area contributed by atoms with Gasteiger partial charge in [0.2, 0.25) is 0 Å². The molecule has 2 aromatic carbocycles. The van der Waals surface area contributed by atoms with Crippen LogP contribution >= 0.6 is 0 Å². The van der Waals surface area contributed by atoms with Crippen molar-refractivity contribution in [2.24, 2.45) is 0 Å². The summed E-state index contributed by atoms with van der Waals surface area (Å²) in [5, 5.41) is 8.70. The molecular weight excluding hydrogens is 412 g/mol. The molecule has 2 aromatic heterocycles. The predicted octanol–water partition coefficient (Wildman–Crippen LogP) is 4.96. The first-order chi connectivity index (χ1) is 16.3. The maximum absolute atomic E-state index is 5.75. The first kappa shape index (κ1) is 20.5. The van der Waals surface area contributed by atoms with Crippen LogP contribution in [0.25, 0.3) is 33.5 Å². The Balaban J connectivity index is 1.23. The molecule has 7 heteroatoms. The molecule has 2 aliphatic heterocycles. The van der Waals surface area contributed by atoms with Crippen LogP contribution in [0.15, 0.2) is 36.4 Å². The lowest BCUT2D eigenvalue weighted by atomic mass is 9.99. The zero-order chi connectivity index (χ0) is 22.2. The van der Waals surface area contributed by atoms with E-state index in [0.29, 0.717) is 6.61 Å². The number of rotatable bonds is 5. The van der Waals surface area contributed by atoms with Crippen LogP contribution in [-0.4, -0.2) is 63.9 Å². The molecule has 0 spiro atoms. The van der Waals surface area contributed by atoms with E-state index in [2.05, 4.69) is 49.2 Å². The Morgan fingerprint density at radius 1 is 1.03 bits per heavy atom. The minimum atomic E-state index is 0.621. The number of fused-ring (bicyclic) bond motifs is 2. The molecule has 0 unspecified atom stereocenters. The Hall–Kier alpha value is -3.06. The van der Waals surface area contributed by atoms with Crippen molar-refractivity contribution in [1.82, 2.24) is 25.1 Å². The van der Waals surface area contributed by atoms with Gasteiger partial charge in [-0.1, -0.05) is 18.6 Å². The van der Waals surface area contributed by atoms with E-state index in [4.69, 9.17) is 9.72 Å². The lowest BCUT2D eigenvalue weighted by Gasteiger charge is -2.41. The number of aromatic amines is 2. The Bertz CT molecular complexity index is 1250. The highest BCUT2D eigenvalue weighted by Crippen LogP contribution is 2.32. The summed E-state index contributed by atoms with van der Waals surface area (Å²) in [7, 11) is 0. The van der Waals surface area contributed by atoms with Crippen molar-refractivity contribution >= 4 is 27.6 Å². The van der Waals surface area contributed by atoms with E-state index >= 15 is 0 Å². The van der Waals surface area contributed by atoms with E-state index in [1.165, 1.54) is 50.9 Å². The second kappa shape index (κ2) is 8.71. The van der Waals surface area contributed by atoms with Gasteiger partial charge in [-0.3, -0.25) is 5.10 Å². The standard InChI is InChI=1S/C26H32N6O/c1-2-33-23-8-6-7-20-24(23)29-30-25(20)26-27-21-10-9-19(17-22(21)28-26)32-15-11-18(12-16-32)31-13-4-3-5-14-31/h6-10,17-18H,2-5,11-16H2,1H3,(H,27,28)(H,29,30). The van der Waals surface area contributed by atoms with Crippen molar-refractivity contribution < 1.29 is 4.74 Å². The average molecular weight is 445 g/mol. The van der Waals surface area contributed by atoms with Gasteiger partial charge in [0, 0.05) is 30.2 Å². The Kier molecular flexibility index (Phi) is 5.42. The number of para-hydroxylation sites is 1. The fraction of sp³-hybridized carbons (Fsp3) is 0.462. The summed E-state index contributed by atoms with van der Waals surface area (Å²) in [4.78, 5) is 13.6. The van der Waals surface area contributed by atoms with Gasteiger partial charge in [0.05, 0.1) is 17.6 Å². The third-order valence-corrected chi connectivity index (χ3v) is 7.29. The first-order valence-corrected chi connectivity index (χ1v) is 12.4. The van der Waals surface area contributed by atoms with E-state index in [-0.39, 0.29) is 0 Å². The van der Waals surface area contributed by atoms with Gasteiger partial charge >= 0.3 is 0 Å². The van der Waals surface area contributed by atoms with Crippen molar-refractivity contribution in [3.63, 3.8) is 0 Å². The van der Waals surface area contributed by atoms with Crippen LogP contribution < -0.4 is 9.64 Å². The largest absolute Gasteiger partial charge is 0.492 e. The van der Waals surface area contributed by atoms with Gasteiger partial charge in [0.25, 0.3) is 0 Å². The average Bonchev–Trinajstić information content (AvgIpc) is 3.49. The molecule has 2 aliphatic rings. The molecule has 0 atom stereocenters. The molecule has 7 nitrogen and oxygen atoms in total. The summed E-state index contributed by atoms with van der Waals surface area (Å²) in [6.07, 6.45) is 6.67. The molecule has 0 amide bonds. The topological polar surface area (TPSA) is 73.1 Å². The van der Waals surface area contributed by atoms with Gasteiger partial charge in [0.15, 0.2) is 5.82 Å². The summed E-state index contributed by atoms with van der Waals surface area (Å²) in [6.45, 7) is 7.44. The molecule has 0 aliphatic carbocycles. The minimum Gasteiger partial charge on any atom is -0.492 e. The Morgan fingerprint density at radius 3 is 2.70 bits per heavy atom. The van der Waals surface area contributed by atoms with Crippen LogP contribution in [0.5, 0.6) is 5.75 Å². The highest BCUT2D eigenvalue weighted by Gasteiger charge is 2.26. The molecule has 0 saturated carbocycles. The van der Waals surface area contributed by atoms with Crippen LogP contribution in [-0.2, 0) is 0 Å². The molecule has 6 rings (SSSR count). The van der Waals surface area contributed by atoms with E-state index in [9.17, 15) is 0 Å². The number of ether oxygens (including phenoxy) is 1. The molecule has 2 fully saturated rings. The van der Waals surface area contributed by atoms with E-state index in [1.807, 2.05) is 19.1 Å². The zero-order valence-electron chi connectivity index (χ0n) is 19.3. The lowest BCUT2D eigenvalue weighted by molar-refractivity contribution is 0.141. The van der Waals surface area contributed by atoms with Crippen LogP contribution in [0.4, 0.5) is 5.69 Å². The first-order valence-electron chi connectivity index (χ1n) is 12.4. The number of benzene rings is 2. The van der Waals surface area contributed by atoms with Crippen LogP contribution in [0.1, 0.15) is 39.0 Å². The SMILES string of the molecule is CCOc1cccc2c(-c3nc4ccc(N5CCC(N6CCCCC6)CC5)cc4[nH]3)n[nH]c12. The summed E-state index contributed by atoms with van der Waals surface area (Å²) in [6, 6.07) is 13.4. The van der Waals surface area contributed by atoms with Gasteiger partial charge in [-0.05, 0) is 70.0 Å². The maximum atomic E-state index is 5.75. The smallest absolute Gasteiger partial charge is 0.159 e. The maximum Gasteiger partial charge on any atom is 0.159 e. The fourth-order valence-electron chi connectivity index (χ4n) is 5.55. The number of aromatic nitrogens is 4. The monoisotopic (exact) mass is 444 g/mol. The lowest BCUT2D eigenvalue weighted by Crippen LogP contribution is -2.46. The summed E-state index contributed by atoms with van der Waals surface area (Å²) in [5.41, 5.74) is 5.03. The van der Waals surface area contributed by atoms with Crippen LogP contribution in [0, 0.1) is 0 Å². The predicted molar refractivity (Wildman–Crippen MR) is 133 cm³/mol. The highest BCUT2D eigenvalue weighted by atomic mass is 16.5. The van der Waals surface area contributed by atoms with Gasteiger partial charge in [-0.15, -0.1) is 0 Å². The Morgan fingerprint density at radius 2 is 1.88 bits per heavy atom. The highest BCUT2D eigenvalue weighted by molar-refractivity contribution is 5.96. The molecule has 2 N–H and O–H groups in total. The molecule has 2 saturated heterocycles. The number of hydrogen-bond donors (Lipinski definition) is 2. The number of nitrogens with zero attached hydrogens (tertiary/aromatic N) is 4. The number of hydrogen-bond acceptors (Lipinski definition) is 5. The van der Waals surface area contributed by atoms with Gasteiger partial charge in [0.1, 0.15) is 17.0 Å². The van der Waals surface area contributed by atoms with Crippen molar-refractivity contribution in [3.05, 3.63) is 36.4 Å². The second-order valence-electron chi connectivity index (χ2n) is 9.29. The molecule has 4 aromatic rings. The third-order valence-electron chi connectivity index (χ3n) is 7.29. The fourth-order valence-corrected chi connectivity index (χ4v) is 5.55. The molecule has 33 heavy (non-hydrogen) atoms. The van der Waals surface area contributed by atoms with E-state index in [0.717, 1.165) is 58.3 Å². The quantitative estimate of drug-likeness (QED) is 0.455. The number of anilines is 1. The summed E-state index contributed by atoms with van der Waals surface area (Å²) >= 11 is 0. The minimum absolute atomic E-state index is 0.621. The van der Waals surface area contributed by atoms with Crippen molar-refractivity contribution in [3.8, 4) is 17.3 Å². The molecule has 0 radical (unpaired) electrons. The third kappa shape index (κ3) is 3.84. The van der Waals surface area contributed by atoms with Crippen LogP contribution in [0.2, 0.25) is 0 Å². The molecule has 172 valence electrons. The number of piperidine rings is 2. The summed E-state index contributed by atoms with van der Waals surface area (Å²) in [5.74, 6) is 1.60. The van der Waals surface area contributed by atoms with Gasteiger partial charge < -0.3 is 19.5 Å². The number of imidazole rings is 1. The van der Waals surface area contributed by atoms with Crippen LogP contribution in [0.3, 0.4) is 0 Å². The van der Waals surface area contributed by atoms with E-state index in [1.54, 1.807) is 0 Å². The number of nitrogens with one attached hydrogen (secondary N) is 2. The van der Waals surface area contributed by atoms with Gasteiger partial charge in [-0.2, -0.15) is 5.10 Å². The zero-order valence-corrected chi connectivity index (χ0v) is 19.3. The number of H-pyrrole nitrogens is 2. The molecule has 4 heterocycles. The number of likely N-dealkylation sites (tertiary alicyclic amines) is 1. The summed E-state index contributed by atoms with van der Waals surface area (Å²) < 4.78 is 5.75.